The highest BCUT2D eigenvalue weighted by Gasteiger charge is 2.52. The van der Waals surface area contributed by atoms with Crippen LogP contribution in [0.1, 0.15) is 33.4 Å². The van der Waals surface area contributed by atoms with Crippen LogP contribution < -0.4 is 9.80 Å². The molecule has 424 valence electrons. The molecule has 2 aliphatic rings. The normalized spacial score (nSPS) is 13.5. The highest BCUT2D eigenvalue weighted by Crippen LogP contribution is 2.65. The minimum atomic E-state index is -0.651. The van der Waals surface area contributed by atoms with Gasteiger partial charge >= 0.3 is 0 Å². The van der Waals surface area contributed by atoms with Crippen molar-refractivity contribution < 1.29 is 0 Å². The van der Waals surface area contributed by atoms with E-state index >= 15 is 0 Å². The Morgan fingerprint density at radius 2 is 0.644 bits per heavy atom. The largest absolute Gasteiger partial charge is 0.311 e. The summed E-state index contributed by atoms with van der Waals surface area (Å²) in [6, 6.07) is 122. The predicted molar refractivity (Wildman–Crippen MR) is 382 cm³/mol. The first-order valence-electron chi connectivity index (χ1n) is 31.1. The van der Waals surface area contributed by atoms with Crippen LogP contribution >= 0.6 is 11.3 Å². The zero-order valence-corrected chi connectivity index (χ0v) is 50.8. The minimum Gasteiger partial charge on any atom is -0.311 e. The third-order valence-electron chi connectivity index (χ3n) is 19.0. The monoisotopic (exact) mass is 1160 g/mol. The molecular weight excluding hydrogens is 1110 g/mol. The lowest BCUT2D eigenvalue weighted by Gasteiger charge is -2.32. The van der Waals surface area contributed by atoms with Gasteiger partial charge in [-0.15, -0.1) is 11.3 Å². The molecule has 1 aromatic heterocycles. The summed E-state index contributed by atoms with van der Waals surface area (Å²) in [6.45, 7) is 4.47. The van der Waals surface area contributed by atoms with Gasteiger partial charge in [-0.3, -0.25) is 0 Å². The van der Waals surface area contributed by atoms with Gasteiger partial charge in [-0.2, -0.15) is 0 Å². The fourth-order valence-electron chi connectivity index (χ4n) is 14.8. The molecular formula is C87H60N2S. The van der Waals surface area contributed by atoms with Gasteiger partial charge in [0.15, 0.2) is 0 Å². The van der Waals surface area contributed by atoms with Crippen LogP contribution in [0, 0.1) is 13.8 Å². The average Bonchev–Trinajstić information content (AvgIpc) is 1.50. The Kier molecular flexibility index (Phi) is 12.8. The smallest absolute Gasteiger partial charge is 0.0726 e. The quantitative estimate of drug-likeness (QED) is 0.127. The van der Waals surface area contributed by atoms with Crippen molar-refractivity contribution in [3.05, 3.63) is 361 Å². The lowest BCUT2D eigenvalue weighted by atomic mass is 9.70. The summed E-state index contributed by atoms with van der Waals surface area (Å²) in [5, 5.41) is 2.64. The van der Waals surface area contributed by atoms with Gasteiger partial charge in [0.25, 0.3) is 0 Å². The van der Waals surface area contributed by atoms with E-state index in [1.54, 1.807) is 0 Å². The average molecular weight is 1170 g/mol. The van der Waals surface area contributed by atoms with E-state index in [0.29, 0.717) is 0 Å². The van der Waals surface area contributed by atoms with Gasteiger partial charge in [-0.25, -0.2) is 0 Å². The maximum absolute atomic E-state index is 2.55. The van der Waals surface area contributed by atoms with E-state index in [4.69, 9.17) is 0 Å². The van der Waals surface area contributed by atoms with Crippen molar-refractivity contribution in [3.8, 4) is 77.9 Å². The first kappa shape index (κ1) is 53.2. The first-order valence-corrected chi connectivity index (χ1v) is 31.9. The van der Waals surface area contributed by atoms with Gasteiger partial charge in [-0.05, 0) is 216 Å². The topological polar surface area (TPSA) is 6.48 Å². The Hall–Kier alpha value is -11.1. The molecule has 0 saturated heterocycles. The number of anilines is 6. The SMILES string of the molecule is Cc1ccccc1-c1ccc(N(c2ccc(-c3ccccc3)cc2)c2ccc3c(c2)C2(c4ccccc4-c4ccc(-c5ccc(N(c6ccc(-c7ccccc7)cc6)c6ccc(-c7ccccc7)cc6)cc5)cc42)c2ccc4sc5ccccc5c4c2-3)cc1C. The van der Waals surface area contributed by atoms with E-state index in [1.165, 1.54) is 126 Å². The fourth-order valence-corrected chi connectivity index (χ4v) is 15.9. The molecule has 0 saturated carbocycles. The standard InChI is InChI=1S/C87H60N2S/c1-57-18-12-13-25-73(57)74-50-47-71(54-58(74)2)89(70-43-34-64(35-44-70)61-23-10-5-11-24-61)72-48-51-77-82(56-72)87(80-52-53-84-86(85(77)80)78-27-15-17-29-83(78)90-84)79-28-16-14-26-75(79)76-49-38-66(55-81(76)87)65-36-45-69(46-37-65)88(67-39-30-62(31-40-67)59-19-6-3-7-20-59)68-41-32-63(33-42-68)60-21-8-4-9-22-60/h3-56H,1-2H3. The van der Waals surface area contributed by atoms with Gasteiger partial charge < -0.3 is 9.80 Å². The van der Waals surface area contributed by atoms with Crippen molar-refractivity contribution in [1.82, 2.24) is 0 Å². The number of aryl methyl sites for hydroxylation is 2. The number of thiophene rings is 1. The number of benzene rings is 14. The Morgan fingerprint density at radius 3 is 1.21 bits per heavy atom. The zero-order chi connectivity index (χ0) is 59.9. The second kappa shape index (κ2) is 21.6. The number of hydrogen-bond donors (Lipinski definition) is 0. The summed E-state index contributed by atoms with van der Waals surface area (Å²) >= 11 is 1.90. The summed E-state index contributed by atoms with van der Waals surface area (Å²) < 4.78 is 2.61. The molecule has 2 aliphatic carbocycles. The molecule has 2 nitrogen and oxygen atoms in total. The molecule has 90 heavy (non-hydrogen) atoms. The zero-order valence-electron chi connectivity index (χ0n) is 50.0. The fraction of sp³-hybridized carbons (Fsp3) is 0.0345. The van der Waals surface area contributed by atoms with E-state index in [2.05, 4.69) is 351 Å². The summed E-state index contributed by atoms with van der Waals surface area (Å²) in [5.74, 6) is 0. The summed E-state index contributed by atoms with van der Waals surface area (Å²) in [6.07, 6.45) is 0. The number of nitrogens with zero attached hydrogens (tertiary/aromatic N) is 2. The Balaban J connectivity index is 0.837. The van der Waals surface area contributed by atoms with E-state index in [-0.39, 0.29) is 0 Å². The van der Waals surface area contributed by atoms with Crippen LogP contribution in [-0.4, -0.2) is 0 Å². The van der Waals surface area contributed by atoms with Crippen molar-refractivity contribution in [1.29, 1.82) is 0 Å². The second-order valence-electron chi connectivity index (χ2n) is 24.0. The van der Waals surface area contributed by atoms with Crippen molar-refractivity contribution in [2.75, 3.05) is 9.80 Å². The van der Waals surface area contributed by atoms with Gasteiger partial charge in [-0.1, -0.05) is 237 Å². The van der Waals surface area contributed by atoms with Crippen LogP contribution in [0.4, 0.5) is 34.1 Å². The van der Waals surface area contributed by atoms with Gasteiger partial charge in [0.1, 0.15) is 0 Å². The number of hydrogen-bond acceptors (Lipinski definition) is 3. The first-order chi connectivity index (χ1) is 44.4. The van der Waals surface area contributed by atoms with Crippen LogP contribution in [0.25, 0.3) is 98.1 Å². The molecule has 14 aromatic carbocycles. The van der Waals surface area contributed by atoms with E-state index in [1.807, 2.05) is 11.3 Å². The third-order valence-corrected chi connectivity index (χ3v) is 20.1. The van der Waals surface area contributed by atoms with E-state index in [0.717, 1.165) is 39.7 Å². The second-order valence-corrected chi connectivity index (χ2v) is 25.1. The lowest BCUT2D eigenvalue weighted by Crippen LogP contribution is -2.26. The van der Waals surface area contributed by atoms with Crippen LogP contribution in [-0.2, 0) is 5.41 Å². The molecule has 0 N–H and O–H groups in total. The molecule has 0 aliphatic heterocycles. The minimum absolute atomic E-state index is 0.651. The Morgan fingerprint density at radius 1 is 0.244 bits per heavy atom. The van der Waals surface area contributed by atoms with Crippen LogP contribution in [0.2, 0.25) is 0 Å². The van der Waals surface area contributed by atoms with E-state index in [9.17, 15) is 0 Å². The maximum Gasteiger partial charge on any atom is 0.0726 e. The van der Waals surface area contributed by atoms with Crippen LogP contribution in [0.5, 0.6) is 0 Å². The molecule has 17 rings (SSSR count). The number of fused-ring (bicyclic) bond motifs is 14. The molecule has 1 heterocycles. The number of rotatable bonds is 11. The van der Waals surface area contributed by atoms with Crippen molar-refractivity contribution in [2.45, 2.75) is 19.3 Å². The molecule has 0 amide bonds. The van der Waals surface area contributed by atoms with Crippen LogP contribution in [0.3, 0.4) is 0 Å². The highest BCUT2D eigenvalue weighted by atomic mass is 32.1. The lowest BCUT2D eigenvalue weighted by molar-refractivity contribution is 0.794. The molecule has 1 atom stereocenters. The molecule has 1 spiro atoms. The predicted octanol–water partition coefficient (Wildman–Crippen LogP) is 24.3. The Labute approximate surface area is 530 Å². The highest BCUT2D eigenvalue weighted by molar-refractivity contribution is 7.26. The molecule has 0 fully saturated rings. The maximum atomic E-state index is 2.55. The Bertz CT molecular complexity index is 5140. The van der Waals surface area contributed by atoms with Crippen molar-refractivity contribution in [2.24, 2.45) is 0 Å². The summed E-state index contributed by atoms with van der Waals surface area (Å²) in [4.78, 5) is 4.86. The van der Waals surface area contributed by atoms with Crippen molar-refractivity contribution in [3.63, 3.8) is 0 Å². The molecule has 0 radical (unpaired) electrons. The molecule has 1 unspecified atom stereocenters. The van der Waals surface area contributed by atoms with E-state index < -0.39 is 5.41 Å². The summed E-state index contributed by atoms with van der Waals surface area (Å²) in [5.41, 5.74) is 30.8. The van der Waals surface area contributed by atoms with Crippen molar-refractivity contribution >= 4 is 65.6 Å². The van der Waals surface area contributed by atoms with Gasteiger partial charge in [0, 0.05) is 54.3 Å². The third kappa shape index (κ3) is 8.68. The molecule has 0 bridgehead atoms. The molecule has 15 aromatic rings. The summed E-state index contributed by atoms with van der Waals surface area (Å²) in [7, 11) is 0. The molecule has 3 heteroatoms. The van der Waals surface area contributed by atoms with Crippen LogP contribution in [0.15, 0.2) is 328 Å². The van der Waals surface area contributed by atoms with Gasteiger partial charge in [0.05, 0.1) is 5.41 Å². The van der Waals surface area contributed by atoms with Gasteiger partial charge in [0.2, 0.25) is 0 Å².